The fourth-order valence-electron chi connectivity index (χ4n) is 0.461. The summed E-state index contributed by atoms with van der Waals surface area (Å²) in [5.41, 5.74) is 14.9. The smallest absolute Gasteiger partial charge is 0.217 e. The fraction of sp³-hybridized carbons (Fsp3) is 0.600. The highest BCUT2D eigenvalue weighted by Crippen LogP contribution is 1.86. The molecule has 0 heterocycles. The Morgan fingerprint density at radius 2 is 1.90 bits per heavy atom. The number of guanidine groups is 1. The Morgan fingerprint density at radius 3 is 2.30 bits per heavy atom. The number of nitrogens with two attached hydrogens (primary N) is 3. The molecule has 0 aromatic rings. The molecule has 6 N–H and O–H groups in total. The van der Waals surface area contributed by atoms with Crippen molar-refractivity contribution in [1.82, 2.24) is 0 Å². The van der Waals surface area contributed by atoms with Crippen molar-refractivity contribution in [1.29, 1.82) is 0 Å². The van der Waals surface area contributed by atoms with Crippen molar-refractivity contribution in [3.8, 4) is 0 Å². The highest BCUT2D eigenvalue weighted by Gasteiger charge is 1.91. The van der Waals surface area contributed by atoms with Gasteiger partial charge in [0.25, 0.3) is 0 Å². The molecule has 5 nitrogen and oxygen atoms in total. The molecule has 0 radical (unpaired) electrons. The third kappa shape index (κ3) is 6.74. The van der Waals surface area contributed by atoms with Gasteiger partial charge in [-0.2, -0.15) is 0 Å². The summed E-state index contributed by atoms with van der Waals surface area (Å²) in [6.07, 6.45) is 0.935. The monoisotopic (exact) mass is 144 g/mol. The first kappa shape index (κ1) is 8.74. The molecular formula is C5H12N4O. The van der Waals surface area contributed by atoms with E-state index in [-0.39, 0.29) is 11.9 Å². The molecule has 0 saturated carbocycles. The number of nitrogens with zero attached hydrogens (tertiary/aromatic N) is 1. The maximum atomic E-state index is 10.2. The van der Waals surface area contributed by atoms with E-state index in [0.717, 1.165) is 0 Å². The molecule has 0 bridgehead atoms. The minimum absolute atomic E-state index is 0.0458. The van der Waals surface area contributed by atoms with E-state index in [1.807, 2.05) is 0 Å². The Labute approximate surface area is 59.3 Å². The lowest BCUT2D eigenvalue weighted by atomic mass is 10.3. The van der Waals surface area contributed by atoms with Gasteiger partial charge in [0.1, 0.15) is 0 Å². The lowest BCUT2D eigenvalue weighted by Gasteiger charge is -1.92. The van der Waals surface area contributed by atoms with Crippen LogP contribution in [0.15, 0.2) is 4.99 Å². The molecule has 0 fully saturated rings. The quantitative estimate of drug-likeness (QED) is 0.254. The van der Waals surface area contributed by atoms with E-state index < -0.39 is 0 Å². The first-order valence-corrected chi connectivity index (χ1v) is 2.96. The SMILES string of the molecule is NC(=O)CCCN=C(N)N. The fourth-order valence-corrected chi connectivity index (χ4v) is 0.461. The topological polar surface area (TPSA) is 107 Å². The summed E-state index contributed by atoms with van der Waals surface area (Å²) in [5.74, 6) is -0.282. The van der Waals surface area contributed by atoms with Crippen LogP contribution in [0.3, 0.4) is 0 Å². The van der Waals surface area contributed by atoms with E-state index in [2.05, 4.69) is 4.99 Å². The lowest BCUT2D eigenvalue weighted by Crippen LogP contribution is -2.23. The molecular weight excluding hydrogens is 132 g/mol. The zero-order chi connectivity index (χ0) is 7.98. The molecule has 58 valence electrons. The number of aliphatic imine (C=N–C) groups is 1. The minimum Gasteiger partial charge on any atom is -0.370 e. The van der Waals surface area contributed by atoms with Crippen molar-refractivity contribution >= 4 is 11.9 Å². The zero-order valence-corrected chi connectivity index (χ0v) is 5.71. The van der Waals surface area contributed by atoms with E-state index >= 15 is 0 Å². The zero-order valence-electron chi connectivity index (χ0n) is 5.71. The van der Waals surface area contributed by atoms with Crippen LogP contribution in [0.1, 0.15) is 12.8 Å². The standard InChI is InChI=1S/C5H12N4O/c6-4(10)2-1-3-9-5(7)8/h1-3H2,(H2,6,10)(H4,7,8,9). The number of hydrogen-bond donors (Lipinski definition) is 3. The number of hydrogen-bond acceptors (Lipinski definition) is 2. The van der Waals surface area contributed by atoms with Crippen LogP contribution < -0.4 is 17.2 Å². The second kappa shape index (κ2) is 4.60. The molecule has 0 spiro atoms. The lowest BCUT2D eigenvalue weighted by molar-refractivity contribution is -0.118. The summed E-state index contributed by atoms with van der Waals surface area (Å²) in [6, 6.07) is 0. The average molecular weight is 144 g/mol. The molecule has 0 aliphatic rings. The number of rotatable bonds is 4. The second-order valence-electron chi connectivity index (χ2n) is 1.88. The predicted molar refractivity (Wildman–Crippen MR) is 39.1 cm³/mol. The molecule has 10 heavy (non-hydrogen) atoms. The highest BCUT2D eigenvalue weighted by molar-refractivity contribution is 5.76. The van der Waals surface area contributed by atoms with E-state index in [1.54, 1.807) is 0 Å². The number of carbonyl (C=O) groups excluding carboxylic acids is 1. The summed E-state index contributed by atoms with van der Waals surface area (Å²) in [5, 5.41) is 0. The normalized spacial score (nSPS) is 8.80. The van der Waals surface area contributed by atoms with Crippen molar-refractivity contribution in [2.24, 2.45) is 22.2 Å². The molecule has 5 heteroatoms. The third-order valence-electron chi connectivity index (χ3n) is 0.876. The molecule has 1 amide bonds. The van der Waals surface area contributed by atoms with Crippen LogP contribution in [-0.4, -0.2) is 18.4 Å². The average Bonchev–Trinajstić information content (AvgIpc) is 1.79. The van der Waals surface area contributed by atoms with E-state index in [0.29, 0.717) is 19.4 Å². The van der Waals surface area contributed by atoms with Crippen molar-refractivity contribution in [2.45, 2.75) is 12.8 Å². The first-order valence-electron chi connectivity index (χ1n) is 2.96. The Hall–Kier alpha value is -1.26. The van der Waals surface area contributed by atoms with E-state index in [4.69, 9.17) is 17.2 Å². The van der Waals surface area contributed by atoms with Gasteiger partial charge >= 0.3 is 0 Å². The summed E-state index contributed by atoms with van der Waals surface area (Å²) in [6.45, 7) is 0.464. The van der Waals surface area contributed by atoms with Gasteiger partial charge in [0.05, 0.1) is 0 Å². The first-order chi connectivity index (χ1) is 4.63. The predicted octanol–water partition coefficient (Wildman–Crippen LogP) is -1.47. The van der Waals surface area contributed by atoms with Gasteiger partial charge in [-0.25, -0.2) is 0 Å². The van der Waals surface area contributed by atoms with Gasteiger partial charge in [0.15, 0.2) is 5.96 Å². The van der Waals surface area contributed by atoms with Gasteiger partial charge < -0.3 is 17.2 Å². The molecule has 0 aromatic carbocycles. The highest BCUT2D eigenvalue weighted by atomic mass is 16.1. The number of carbonyl (C=O) groups is 1. The molecule has 0 saturated heterocycles. The van der Waals surface area contributed by atoms with Crippen LogP contribution in [0.25, 0.3) is 0 Å². The summed E-state index contributed by atoms with van der Waals surface area (Å²) < 4.78 is 0. The summed E-state index contributed by atoms with van der Waals surface area (Å²) in [4.78, 5) is 13.8. The van der Waals surface area contributed by atoms with Crippen LogP contribution in [0.2, 0.25) is 0 Å². The summed E-state index contributed by atoms with van der Waals surface area (Å²) in [7, 11) is 0. The molecule has 0 aromatic heterocycles. The minimum atomic E-state index is -0.328. The third-order valence-corrected chi connectivity index (χ3v) is 0.876. The van der Waals surface area contributed by atoms with Crippen LogP contribution >= 0.6 is 0 Å². The molecule has 0 unspecified atom stereocenters. The molecule has 0 rings (SSSR count). The molecule has 0 aliphatic heterocycles. The van der Waals surface area contributed by atoms with Gasteiger partial charge in [0, 0.05) is 13.0 Å². The maximum absolute atomic E-state index is 10.2. The largest absolute Gasteiger partial charge is 0.370 e. The van der Waals surface area contributed by atoms with Gasteiger partial charge in [-0.05, 0) is 6.42 Å². The van der Waals surface area contributed by atoms with Gasteiger partial charge in [-0.3, -0.25) is 9.79 Å². The van der Waals surface area contributed by atoms with Crippen molar-refractivity contribution in [3.05, 3.63) is 0 Å². The van der Waals surface area contributed by atoms with Gasteiger partial charge in [-0.15, -0.1) is 0 Å². The Bertz CT molecular complexity index is 139. The maximum Gasteiger partial charge on any atom is 0.217 e. The van der Waals surface area contributed by atoms with E-state index in [9.17, 15) is 4.79 Å². The van der Waals surface area contributed by atoms with Crippen molar-refractivity contribution in [3.63, 3.8) is 0 Å². The Morgan fingerprint density at radius 1 is 1.30 bits per heavy atom. The van der Waals surface area contributed by atoms with Crippen LogP contribution in [0.4, 0.5) is 0 Å². The second-order valence-corrected chi connectivity index (χ2v) is 1.88. The van der Waals surface area contributed by atoms with Gasteiger partial charge in [-0.1, -0.05) is 0 Å². The Kier molecular flexibility index (Phi) is 4.02. The van der Waals surface area contributed by atoms with Gasteiger partial charge in [0.2, 0.25) is 5.91 Å². The Balaban J connectivity index is 3.21. The summed E-state index contributed by atoms with van der Waals surface area (Å²) >= 11 is 0. The number of amides is 1. The molecule has 0 atom stereocenters. The van der Waals surface area contributed by atoms with Crippen molar-refractivity contribution in [2.75, 3.05) is 6.54 Å². The van der Waals surface area contributed by atoms with E-state index in [1.165, 1.54) is 0 Å². The number of primary amides is 1. The van der Waals surface area contributed by atoms with Crippen LogP contribution in [-0.2, 0) is 4.79 Å². The van der Waals surface area contributed by atoms with Crippen molar-refractivity contribution < 1.29 is 4.79 Å². The molecule has 0 aliphatic carbocycles. The van der Waals surface area contributed by atoms with Crippen LogP contribution in [0, 0.1) is 0 Å². The van der Waals surface area contributed by atoms with Crippen LogP contribution in [0.5, 0.6) is 0 Å².